The number of carbonyl (C=O) groups excluding carboxylic acids is 1. The van der Waals surface area contributed by atoms with Crippen molar-refractivity contribution in [2.75, 3.05) is 7.11 Å². The summed E-state index contributed by atoms with van der Waals surface area (Å²) in [6.45, 7) is 0. The molecule has 0 aliphatic rings. The third kappa shape index (κ3) is 5.03. The van der Waals surface area contributed by atoms with Crippen LogP contribution in [0.15, 0.2) is 81.9 Å². The summed E-state index contributed by atoms with van der Waals surface area (Å²) in [6, 6.07) is 16.5. The molecule has 0 saturated carbocycles. The van der Waals surface area contributed by atoms with Crippen LogP contribution in [-0.2, 0) is 15.6 Å². The van der Waals surface area contributed by atoms with Gasteiger partial charge in [0, 0.05) is 21.7 Å². The van der Waals surface area contributed by atoms with Crippen molar-refractivity contribution in [1.82, 2.24) is 4.98 Å². The molecule has 8 heteroatoms. The first-order chi connectivity index (χ1) is 13.6. The number of nitrogens with zero attached hydrogens (tertiary/aromatic N) is 2. The van der Waals surface area contributed by atoms with E-state index in [2.05, 4.69) is 10.1 Å². The Balaban J connectivity index is 1.61. The van der Waals surface area contributed by atoms with E-state index in [4.69, 9.17) is 21.2 Å². The zero-order chi connectivity index (χ0) is 19.9. The minimum absolute atomic E-state index is 0.352. The molecule has 0 spiro atoms. The number of oxime groups is 1. The molecule has 0 N–H and O–H groups in total. The fourth-order valence-corrected chi connectivity index (χ4v) is 3.26. The topological polar surface area (TPSA) is 77.9 Å². The van der Waals surface area contributed by atoms with Crippen molar-refractivity contribution in [3.63, 3.8) is 0 Å². The Kier molecular flexibility index (Phi) is 6.52. The van der Waals surface area contributed by atoms with E-state index in [0.29, 0.717) is 31.8 Å². The van der Waals surface area contributed by atoms with Gasteiger partial charge in [-0.3, -0.25) is 0 Å². The van der Waals surface area contributed by atoms with Gasteiger partial charge in [-0.2, -0.15) is 0 Å². The lowest BCUT2D eigenvalue weighted by Gasteiger charge is -2.02. The van der Waals surface area contributed by atoms with Gasteiger partial charge in [0.2, 0.25) is 0 Å². The van der Waals surface area contributed by atoms with Gasteiger partial charge in [0.05, 0.1) is 18.9 Å². The fraction of sp³-hybridized carbons (Fsp3) is 0.0500. The Labute approximate surface area is 169 Å². The lowest BCUT2D eigenvalue weighted by atomic mass is 10.2. The van der Waals surface area contributed by atoms with E-state index in [1.54, 1.807) is 67.8 Å². The van der Waals surface area contributed by atoms with Gasteiger partial charge in [-0.05, 0) is 60.7 Å². The quantitative estimate of drug-likeness (QED) is 0.344. The second-order valence-electron chi connectivity index (χ2n) is 5.49. The van der Waals surface area contributed by atoms with Gasteiger partial charge in [-0.25, -0.2) is 14.0 Å². The maximum atomic E-state index is 12.5. The molecule has 1 heterocycles. The molecule has 3 rings (SSSR count). The van der Waals surface area contributed by atoms with Crippen LogP contribution in [0.1, 0.15) is 15.9 Å². The smallest absolute Gasteiger partial charge is 0.365 e. The van der Waals surface area contributed by atoms with Crippen molar-refractivity contribution in [1.29, 1.82) is 0 Å². The predicted octanol–water partition coefficient (Wildman–Crippen LogP) is 4.10. The Bertz CT molecular complexity index is 1000. The second kappa shape index (κ2) is 9.25. The standard InChI is InChI=1S/C20H15ClN2O4S/c1-26-17-7-3-15(4-8-17)20(24)27-23-13-14-2-11-19(22-12-14)28(25)18-9-5-16(21)6-10-18/h2-13H,1H3/b23-13-/t28-/m1/s1. The largest absolute Gasteiger partial charge is 0.497 e. The summed E-state index contributed by atoms with van der Waals surface area (Å²) < 4.78 is 17.5. The summed E-state index contributed by atoms with van der Waals surface area (Å²) in [4.78, 5) is 21.5. The molecular weight excluding hydrogens is 400 g/mol. The lowest BCUT2D eigenvalue weighted by molar-refractivity contribution is 0.0519. The van der Waals surface area contributed by atoms with Crippen molar-refractivity contribution < 1.29 is 18.6 Å². The Morgan fingerprint density at radius 2 is 1.79 bits per heavy atom. The van der Waals surface area contributed by atoms with Gasteiger partial charge in [-0.1, -0.05) is 16.8 Å². The number of benzene rings is 2. The average molecular weight is 415 g/mol. The summed E-state index contributed by atoms with van der Waals surface area (Å²) in [5.41, 5.74) is 0.948. The van der Waals surface area contributed by atoms with E-state index in [-0.39, 0.29) is 0 Å². The summed E-state index contributed by atoms with van der Waals surface area (Å²) in [6.07, 6.45) is 2.84. The van der Waals surface area contributed by atoms with Gasteiger partial charge in [0.15, 0.2) is 0 Å². The molecule has 1 aromatic heterocycles. The van der Waals surface area contributed by atoms with Crippen LogP contribution in [0.2, 0.25) is 5.02 Å². The molecule has 0 unspecified atom stereocenters. The zero-order valence-corrected chi connectivity index (χ0v) is 16.3. The monoisotopic (exact) mass is 414 g/mol. The summed E-state index contributed by atoms with van der Waals surface area (Å²) in [7, 11) is 0.130. The number of carbonyl (C=O) groups is 1. The maximum Gasteiger partial charge on any atom is 0.365 e. The summed E-state index contributed by atoms with van der Waals surface area (Å²) in [5.74, 6) is 0.0505. The molecule has 1 atom stereocenters. The van der Waals surface area contributed by atoms with Gasteiger partial charge in [0.25, 0.3) is 0 Å². The molecule has 0 amide bonds. The number of hydrogen-bond donors (Lipinski definition) is 0. The third-order valence-electron chi connectivity index (χ3n) is 3.64. The van der Waals surface area contributed by atoms with Crippen molar-refractivity contribution in [3.05, 3.63) is 83.0 Å². The summed E-state index contributed by atoms with van der Waals surface area (Å²) >= 11 is 5.84. The van der Waals surface area contributed by atoms with E-state index >= 15 is 0 Å². The van der Waals surface area contributed by atoms with E-state index < -0.39 is 16.8 Å². The van der Waals surface area contributed by atoms with Crippen LogP contribution >= 0.6 is 11.6 Å². The predicted molar refractivity (Wildman–Crippen MR) is 106 cm³/mol. The summed E-state index contributed by atoms with van der Waals surface area (Å²) in [5, 5.41) is 4.64. The third-order valence-corrected chi connectivity index (χ3v) is 5.21. The van der Waals surface area contributed by atoms with Crippen LogP contribution in [0.4, 0.5) is 0 Å². The first-order valence-corrected chi connectivity index (χ1v) is 9.62. The average Bonchev–Trinajstić information content (AvgIpc) is 2.74. The SMILES string of the molecule is COc1ccc(C(=O)O/N=C\c2ccc([S@](=O)c3ccc(Cl)cc3)nc2)cc1. The number of pyridine rings is 1. The number of ether oxygens (including phenoxy) is 1. The molecule has 0 aliphatic carbocycles. The van der Waals surface area contributed by atoms with Crippen molar-refractivity contribution in [2.45, 2.75) is 9.92 Å². The van der Waals surface area contributed by atoms with Gasteiger partial charge >= 0.3 is 5.97 Å². The van der Waals surface area contributed by atoms with Gasteiger partial charge in [-0.15, -0.1) is 0 Å². The molecule has 0 bridgehead atoms. The highest BCUT2D eigenvalue weighted by molar-refractivity contribution is 7.85. The normalized spacial score (nSPS) is 11.9. The highest BCUT2D eigenvalue weighted by Crippen LogP contribution is 2.17. The van der Waals surface area contributed by atoms with Crippen LogP contribution in [0.5, 0.6) is 5.75 Å². The van der Waals surface area contributed by atoms with Crippen molar-refractivity contribution >= 4 is 34.6 Å². The number of rotatable bonds is 6. The molecule has 6 nitrogen and oxygen atoms in total. The Morgan fingerprint density at radius 1 is 1.07 bits per heavy atom. The van der Waals surface area contributed by atoms with Gasteiger partial charge < -0.3 is 9.57 Å². The van der Waals surface area contributed by atoms with E-state index in [1.807, 2.05) is 0 Å². The second-order valence-corrected chi connectivity index (χ2v) is 7.36. The van der Waals surface area contributed by atoms with Crippen molar-refractivity contribution in [3.8, 4) is 5.75 Å². The molecule has 0 saturated heterocycles. The van der Waals surface area contributed by atoms with Gasteiger partial charge in [0.1, 0.15) is 21.6 Å². The van der Waals surface area contributed by atoms with Crippen LogP contribution in [-0.4, -0.2) is 28.5 Å². The molecule has 3 aromatic rings. The molecule has 0 radical (unpaired) electrons. The lowest BCUT2D eigenvalue weighted by Crippen LogP contribution is -2.01. The number of halogens is 1. The minimum Gasteiger partial charge on any atom is -0.497 e. The van der Waals surface area contributed by atoms with Crippen LogP contribution in [0.3, 0.4) is 0 Å². The van der Waals surface area contributed by atoms with E-state index in [0.717, 1.165) is 0 Å². The maximum absolute atomic E-state index is 12.5. The molecule has 0 aliphatic heterocycles. The zero-order valence-electron chi connectivity index (χ0n) is 14.7. The van der Waals surface area contributed by atoms with Crippen LogP contribution in [0, 0.1) is 0 Å². The molecule has 0 fully saturated rings. The highest BCUT2D eigenvalue weighted by Gasteiger charge is 2.09. The molecule has 28 heavy (non-hydrogen) atoms. The molecule has 142 valence electrons. The Hall–Kier alpha value is -3.03. The number of methoxy groups -OCH3 is 1. The number of hydrogen-bond acceptors (Lipinski definition) is 6. The first kappa shape index (κ1) is 19.7. The Morgan fingerprint density at radius 3 is 2.39 bits per heavy atom. The fourth-order valence-electron chi connectivity index (χ4n) is 2.17. The molecular formula is C20H15ClN2O4S. The van der Waals surface area contributed by atoms with E-state index in [9.17, 15) is 9.00 Å². The van der Waals surface area contributed by atoms with E-state index in [1.165, 1.54) is 12.4 Å². The minimum atomic E-state index is -1.41. The first-order valence-electron chi connectivity index (χ1n) is 8.09. The highest BCUT2D eigenvalue weighted by atomic mass is 35.5. The van der Waals surface area contributed by atoms with Crippen LogP contribution < -0.4 is 4.74 Å². The van der Waals surface area contributed by atoms with Crippen molar-refractivity contribution in [2.24, 2.45) is 5.16 Å². The molecule has 2 aromatic carbocycles. The van der Waals surface area contributed by atoms with Crippen LogP contribution in [0.25, 0.3) is 0 Å². The number of aromatic nitrogens is 1.